The molecular weight excluding hydrogens is 595 g/mol. The third-order valence-corrected chi connectivity index (χ3v) is 8.40. The Kier molecular flexibility index (Phi) is 8.91. The van der Waals surface area contributed by atoms with Gasteiger partial charge >= 0.3 is 35.4 Å². The van der Waals surface area contributed by atoms with E-state index in [2.05, 4.69) is 0 Å². The number of aromatic nitrogens is 1. The van der Waals surface area contributed by atoms with Crippen molar-refractivity contribution in [1.82, 2.24) is 0 Å². The zero-order valence-corrected chi connectivity index (χ0v) is 26.0. The van der Waals surface area contributed by atoms with Gasteiger partial charge in [0, 0.05) is 9.92 Å². The van der Waals surface area contributed by atoms with Crippen LogP contribution in [0.3, 0.4) is 0 Å². The SMILES string of the molecule is CCC(=C/c1oc2ccc3ccccc3c2[n+]1CS(=O)(=O)[O-])/C=C1/Sc2ccc(Cl)cc2N1CS(=O)(=O)[O-].[Na+]. The predicted molar refractivity (Wildman–Crippen MR) is 144 cm³/mol. The third-order valence-electron chi connectivity index (χ3n) is 5.91. The maximum absolute atomic E-state index is 11.8. The van der Waals surface area contributed by atoms with Crippen LogP contribution in [0.1, 0.15) is 19.2 Å². The summed E-state index contributed by atoms with van der Waals surface area (Å²) in [5.41, 5.74) is 2.00. The normalized spacial score (nSPS) is 15.2. The number of rotatable bonds is 7. The molecule has 1 aromatic heterocycles. The molecule has 0 radical (unpaired) electrons. The van der Waals surface area contributed by atoms with Gasteiger partial charge in [-0.1, -0.05) is 54.6 Å². The van der Waals surface area contributed by atoms with Crippen molar-refractivity contribution in [3.63, 3.8) is 0 Å². The van der Waals surface area contributed by atoms with Crippen molar-refractivity contribution in [2.75, 3.05) is 10.8 Å². The van der Waals surface area contributed by atoms with Crippen molar-refractivity contribution in [3.8, 4) is 0 Å². The number of anilines is 1. The Hall–Kier alpha value is -1.87. The first kappa shape index (κ1) is 30.1. The van der Waals surface area contributed by atoms with Crippen molar-refractivity contribution in [2.24, 2.45) is 0 Å². The van der Waals surface area contributed by atoms with Crippen LogP contribution in [0.2, 0.25) is 5.02 Å². The van der Waals surface area contributed by atoms with Gasteiger partial charge in [-0.25, -0.2) is 16.8 Å². The summed E-state index contributed by atoms with van der Waals surface area (Å²) in [6.07, 6.45) is 3.75. The Balaban J connectivity index is 0.00000353. The number of allylic oxidation sites excluding steroid dienone is 2. The van der Waals surface area contributed by atoms with Gasteiger partial charge in [0.2, 0.25) is 11.5 Å². The molecule has 0 saturated carbocycles. The van der Waals surface area contributed by atoms with Crippen molar-refractivity contribution in [2.45, 2.75) is 24.1 Å². The van der Waals surface area contributed by atoms with Crippen LogP contribution in [0.25, 0.3) is 27.9 Å². The second-order valence-corrected chi connectivity index (χ2v) is 12.8. The van der Waals surface area contributed by atoms with E-state index in [1.807, 2.05) is 37.3 Å². The summed E-state index contributed by atoms with van der Waals surface area (Å²) in [5.74, 6) is -1.50. The molecule has 198 valence electrons. The Morgan fingerprint density at radius 3 is 2.51 bits per heavy atom. The molecule has 39 heavy (non-hydrogen) atoms. The average Bonchev–Trinajstić information content (AvgIpc) is 3.34. The molecule has 5 rings (SSSR count). The van der Waals surface area contributed by atoms with Gasteiger partial charge in [0.05, 0.1) is 22.2 Å². The summed E-state index contributed by atoms with van der Waals surface area (Å²) in [6.45, 7) is 1.86. The smallest absolute Gasteiger partial charge is 0.747 e. The minimum Gasteiger partial charge on any atom is -0.747 e. The molecule has 0 saturated heterocycles. The molecule has 0 atom stereocenters. The molecule has 0 unspecified atom stereocenters. The summed E-state index contributed by atoms with van der Waals surface area (Å²) < 4.78 is 77.9. The first-order valence-corrected chi connectivity index (χ1v) is 15.7. The summed E-state index contributed by atoms with van der Waals surface area (Å²) in [7, 11) is -9.31. The van der Waals surface area contributed by atoms with Gasteiger partial charge in [0.1, 0.15) is 16.0 Å². The number of fused-ring (bicyclic) bond motifs is 4. The first-order chi connectivity index (χ1) is 17.9. The number of halogens is 1. The molecule has 0 spiro atoms. The van der Waals surface area contributed by atoms with Gasteiger partial charge in [0.25, 0.3) is 5.52 Å². The van der Waals surface area contributed by atoms with Crippen LogP contribution in [-0.4, -0.2) is 31.8 Å². The molecule has 3 aromatic carbocycles. The van der Waals surface area contributed by atoms with E-state index in [0.717, 1.165) is 15.7 Å². The number of benzene rings is 3. The van der Waals surface area contributed by atoms with Crippen molar-refractivity contribution in [1.29, 1.82) is 0 Å². The second kappa shape index (κ2) is 11.6. The van der Waals surface area contributed by atoms with Crippen LogP contribution >= 0.6 is 23.4 Å². The molecule has 14 heteroatoms. The Labute approximate surface area is 256 Å². The second-order valence-electron chi connectivity index (χ2n) is 8.57. The molecule has 0 fully saturated rings. The standard InChI is InChI=1S/C25H21ClN2O7S3.Na/c1-2-16(12-24-27(14-37(29,30)31)20-13-18(26)8-10-22(20)36-24)11-23-28(15-38(32,33)34)25-19-6-4-3-5-17(19)7-9-21(25)35-23;/h3-13H,2,14-15H2,1H3,(H-,29,30,31,32,33,34);/q;+1/p-1. The zero-order valence-electron chi connectivity index (χ0n) is 20.8. The minimum atomic E-state index is -4.68. The Bertz CT molecular complexity index is 1870. The molecule has 9 nitrogen and oxygen atoms in total. The number of thioether (sulfide) groups is 1. The molecule has 1 aliphatic heterocycles. The van der Waals surface area contributed by atoms with E-state index in [9.17, 15) is 25.9 Å². The molecule has 0 amide bonds. The van der Waals surface area contributed by atoms with Gasteiger partial charge in [-0.3, -0.25) is 0 Å². The fourth-order valence-electron chi connectivity index (χ4n) is 4.30. The summed E-state index contributed by atoms with van der Waals surface area (Å²) in [5, 5.41) is 2.43. The predicted octanol–water partition coefficient (Wildman–Crippen LogP) is 1.78. The van der Waals surface area contributed by atoms with Crippen molar-refractivity contribution >= 4 is 77.2 Å². The fraction of sp³-hybridized carbons (Fsp3) is 0.160. The number of hydrogen-bond acceptors (Lipinski definition) is 9. The van der Waals surface area contributed by atoms with Gasteiger partial charge in [-0.05, 0) is 53.8 Å². The topological polar surface area (TPSA) is 135 Å². The van der Waals surface area contributed by atoms with E-state index in [4.69, 9.17) is 16.0 Å². The molecule has 4 aromatic rings. The van der Waals surface area contributed by atoms with E-state index in [1.54, 1.807) is 36.4 Å². The monoisotopic (exact) mass is 614 g/mol. The van der Waals surface area contributed by atoms with E-state index < -0.39 is 32.0 Å². The van der Waals surface area contributed by atoms with Crippen molar-refractivity contribution in [3.05, 3.63) is 82.2 Å². The third kappa shape index (κ3) is 6.72. The molecular formula is C25H20ClN2NaO7S3. The van der Waals surface area contributed by atoms with Crippen molar-refractivity contribution < 1.29 is 64.5 Å². The van der Waals surface area contributed by atoms with E-state index in [0.29, 0.717) is 38.8 Å². The van der Waals surface area contributed by atoms with Gasteiger partial charge in [-0.2, -0.15) is 0 Å². The maximum Gasteiger partial charge on any atom is 1.00 e. The van der Waals surface area contributed by atoms with Gasteiger partial charge in [-0.15, -0.1) is 4.57 Å². The summed E-state index contributed by atoms with van der Waals surface area (Å²) in [6, 6.07) is 15.9. The van der Waals surface area contributed by atoms with E-state index in [-0.39, 0.29) is 35.4 Å². The Morgan fingerprint density at radius 1 is 1.08 bits per heavy atom. The maximum atomic E-state index is 11.8. The summed E-state index contributed by atoms with van der Waals surface area (Å²) in [4.78, 5) is 2.10. The van der Waals surface area contributed by atoms with E-state index >= 15 is 0 Å². The summed E-state index contributed by atoms with van der Waals surface area (Å²) >= 11 is 7.38. The minimum absolute atomic E-state index is 0. The van der Waals surface area contributed by atoms with Gasteiger partial charge in [0.15, 0.2) is 10.1 Å². The van der Waals surface area contributed by atoms with Crippen LogP contribution in [0.4, 0.5) is 5.69 Å². The van der Waals surface area contributed by atoms with Crippen LogP contribution in [0.15, 0.2) is 80.6 Å². The number of oxazole rings is 1. The molecule has 0 N–H and O–H groups in total. The largest absolute Gasteiger partial charge is 1.00 e. The first-order valence-electron chi connectivity index (χ1n) is 11.3. The molecule has 0 aliphatic carbocycles. The quantitative estimate of drug-likeness (QED) is 0.173. The Morgan fingerprint density at radius 2 is 1.82 bits per heavy atom. The number of hydrogen-bond donors (Lipinski definition) is 0. The van der Waals surface area contributed by atoms with Crippen LogP contribution in [0.5, 0.6) is 0 Å². The average molecular weight is 615 g/mol. The van der Waals surface area contributed by atoms with Gasteiger partial charge < -0.3 is 18.4 Å². The molecule has 1 aliphatic rings. The van der Waals surface area contributed by atoms with Crippen LogP contribution in [-0.2, 0) is 26.1 Å². The fourth-order valence-corrected chi connectivity index (χ4v) is 6.84. The van der Waals surface area contributed by atoms with Crippen LogP contribution in [0, 0.1) is 0 Å². The molecule has 2 heterocycles. The van der Waals surface area contributed by atoms with E-state index in [1.165, 1.54) is 21.2 Å². The number of nitrogens with zero attached hydrogens (tertiary/aromatic N) is 2. The van der Waals surface area contributed by atoms with Crippen LogP contribution < -0.4 is 39.0 Å². The zero-order chi connectivity index (χ0) is 27.2. The molecule has 0 bridgehead atoms.